The number of hydrogen-bond donors (Lipinski definition) is 0. The Bertz CT molecular complexity index is 441. The Morgan fingerprint density at radius 3 is 2.67 bits per heavy atom. The van der Waals surface area contributed by atoms with Crippen molar-refractivity contribution in [3.05, 3.63) is 59.9 Å². The second-order valence-electron chi connectivity index (χ2n) is 3.47. The van der Waals surface area contributed by atoms with E-state index in [1.807, 2.05) is 35.1 Å². The molecule has 0 aliphatic rings. The molecule has 2 rings (SSSR count). The van der Waals surface area contributed by atoms with E-state index >= 15 is 0 Å². The maximum absolute atomic E-state index is 4.21. The molecule has 76 valence electrons. The van der Waals surface area contributed by atoms with E-state index in [9.17, 15) is 0 Å². The first-order valence-electron chi connectivity index (χ1n) is 5.06. The van der Waals surface area contributed by atoms with Gasteiger partial charge in [-0.25, -0.2) is 0 Å². The smallest absolute Gasteiger partial charge is 0.0596 e. The van der Waals surface area contributed by atoms with Crippen molar-refractivity contribution in [3.8, 4) is 0 Å². The van der Waals surface area contributed by atoms with Gasteiger partial charge >= 0.3 is 0 Å². The molecule has 0 aliphatic carbocycles. The van der Waals surface area contributed by atoms with Crippen LogP contribution in [-0.4, -0.2) is 9.78 Å². The lowest BCUT2D eigenvalue weighted by Gasteiger charge is -1.98. The first-order valence-corrected chi connectivity index (χ1v) is 5.06. The molecule has 0 amide bonds. The Hall–Kier alpha value is -1.83. The molecular formula is C13H14N2. The summed E-state index contributed by atoms with van der Waals surface area (Å²) in [6.07, 6.45) is 6.06. The maximum Gasteiger partial charge on any atom is 0.0596 e. The fourth-order valence-electron chi connectivity index (χ4n) is 1.44. The Balaban J connectivity index is 2.00. The molecule has 2 aromatic rings. The number of nitrogens with zero attached hydrogens (tertiary/aromatic N) is 2. The number of aromatic nitrogens is 2. The highest BCUT2D eigenvalue weighted by atomic mass is 15.3. The molecule has 0 radical (unpaired) electrons. The van der Waals surface area contributed by atoms with E-state index in [4.69, 9.17) is 0 Å². The zero-order chi connectivity index (χ0) is 10.5. The molecule has 15 heavy (non-hydrogen) atoms. The molecule has 0 spiro atoms. The summed E-state index contributed by atoms with van der Waals surface area (Å²) in [6.45, 7) is 2.89. The summed E-state index contributed by atoms with van der Waals surface area (Å²) in [5.74, 6) is 0. The van der Waals surface area contributed by atoms with Crippen LogP contribution >= 0.6 is 0 Å². The molecule has 0 bridgehead atoms. The molecule has 0 saturated heterocycles. The van der Waals surface area contributed by atoms with Crippen LogP contribution in [0.2, 0.25) is 0 Å². The highest BCUT2D eigenvalue weighted by Crippen LogP contribution is 2.02. The third kappa shape index (κ3) is 2.56. The minimum atomic E-state index is 0.827. The fraction of sp³-hybridized carbons (Fsp3) is 0.154. The predicted molar refractivity (Wildman–Crippen MR) is 62.4 cm³/mol. The minimum Gasteiger partial charge on any atom is -0.266 e. The second-order valence-corrected chi connectivity index (χ2v) is 3.47. The normalized spacial score (nSPS) is 11.0. The van der Waals surface area contributed by atoms with E-state index in [1.54, 1.807) is 0 Å². The van der Waals surface area contributed by atoms with Gasteiger partial charge in [0.1, 0.15) is 0 Å². The van der Waals surface area contributed by atoms with Crippen LogP contribution < -0.4 is 0 Å². The third-order valence-corrected chi connectivity index (χ3v) is 2.32. The molecular weight excluding hydrogens is 184 g/mol. The molecule has 0 aliphatic heterocycles. The lowest BCUT2D eigenvalue weighted by molar-refractivity contribution is 0.680. The van der Waals surface area contributed by atoms with Crippen molar-refractivity contribution in [1.82, 2.24) is 9.78 Å². The van der Waals surface area contributed by atoms with Crippen molar-refractivity contribution in [1.29, 1.82) is 0 Å². The molecule has 1 heterocycles. The highest BCUT2D eigenvalue weighted by molar-refractivity contribution is 5.48. The van der Waals surface area contributed by atoms with Gasteiger partial charge in [-0.2, -0.15) is 5.10 Å². The zero-order valence-corrected chi connectivity index (χ0v) is 8.80. The highest BCUT2D eigenvalue weighted by Gasteiger charge is 1.92. The predicted octanol–water partition coefficient (Wildman–Crippen LogP) is 2.90. The molecule has 0 unspecified atom stereocenters. The summed E-state index contributed by atoms with van der Waals surface area (Å²) >= 11 is 0. The summed E-state index contributed by atoms with van der Waals surface area (Å²) in [7, 11) is 0. The van der Waals surface area contributed by atoms with Crippen molar-refractivity contribution in [2.45, 2.75) is 13.5 Å². The standard InChI is InChI=1S/C13H14N2/c1-12-9-10-14-15(12)11-5-8-13-6-3-2-4-7-13/h2-10H,11H2,1H3. The summed E-state index contributed by atoms with van der Waals surface area (Å²) in [5.41, 5.74) is 2.41. The number of aryl methyl sites for hydroxylation is 1. The summed E-state index contributed by atoms with van der Waals surface area (Å²) in [4.78, 5) is 0. The Morgan fingerprint density at radius 2 is 2.00 bits per heavy atom. The van der Waals surface area contributed by atoms with Crippen LogP contribution in [0, 0.1) is 6.92 Å². The Kier molecular flexibility index (Phi) is 2.98. The van der Waals surface area contributed by atoms with Crippen molar-refractivity contribution >= 4 is 6.08 Å². The molecule has 1 aromatic heterocycles. The van der Waals surface area contributed by atoms with Gasteiger partial charge in [-0.3, -0.25) is 4.68 Å². The average molecular weight is 198 g/mol. The van der Waals surface area contributed by atoms with Gasteiger partial charge in [0.05, 0.1) is 6.54 Å². The molecule has 2 nitrogen and oxygen atoms in total. The lowest BCUT2D eigenvalue weighted by Crippen LogP contribution is -1.98. The van der Waals surface area contributed by atoms with Crippen LogP contribution in [-0.2, 0) is 6.54 Å². The van der Waals surface area contributed by atoms with Gasteiger partial charge in [-0.1, -0.05) is 42.5 Å². The van der Waals surface area contributed by atoms with Gasteiger partial charge in [0.2, 0.25) is 0 Å². The number of hydrogen-bond acceptors (Lipinski definition) is 1. The molecule has 2 heteroatoms. The third-order valence-electron chi connectivity index (χ3n) is 2.32. The van der Waals surface area contributed by atoms with E-state index in [0.717, 1.165) is 6.54 Å². The van der Waals surface area contributed by atoms with E-state index in [-0.39, 0.29) is 0 Å². The van der Waals surface area contributed by atoms with Gasteiger partial charge in [-0.15, -0.1) is 0 Å². The van der Waals surface area contributed by atoms with Crippen LogP contribution in [0.15, 0.2) is 48.7 Å². The number of rotatable bonds is 3. The number of benzene rings is 1. The lowest BCUT2D eigenvalue weighted by atomic mass is 10.2. The van der Waals surface area contributed by atoms with Crippen LogP contribution in [0.4, 0.5) is 0 Å². The largest absolute Gasteiger partial charge is 0.266 e. The van der Waals surface area contributed by atoms with Crippen molar-refractivity contribution < 1.29 is 0 Å². The first kappa shape index (κ1) is 9.71. The quantitative estimate of drug-likeness (QED) is 0.741. The van der Waals surface area contributed by atoms with Gasteiger partial charge in [0.15, 0.2) is 0 Å². The van der Waals surface area contributed by atoms with Gasteiger partial charge in [0, 0.05) is 11.9 Å². The number of allylic oxidation sites excluding steroid dienone is 1. The van der Waals surface area contributed by atoms with E-state index in [0.29, 0.717) is 0 Å². The average Bonchev–Trinajstić information content (AvgIpc) is 2.66. The van der Waals surface area contributed by atoms with Gasteiger partial charge < -0.3 is 0 Å². The fourth-order valence-corrected chi connectivity index (χ4v) is 1.44. The molecule has 0 fully saturated rings. The molecule has 1 aromatic carbocycles. The SMILES string of the molecule is Cc1ccnn1CC=Cc1ccccc1. The minimum absolute atomic E-state index is 0.827. The van der Waals surface area contributed by atoms with Crippen molar-refractivity contribution in [3.63, 3.8) is 0 Å². The first-order chi connectivity index (χ1) is 7.36. The second kappa shape index (κ2) is 4.60. The van der Waals surface area contributed by atoms with Crippen LogP contribution in [0.5, 0.6) is 0 Å². The van der Waals surface area contributed by atoms with Gasteiger partial charge in [-0.05, 0) is 18.6 Å². The summed E-state index contributed by atoms with van der Waals surface area (Å²) < 4.78 is 1.97. The zero-order valence-electron chi connectivity index (χ0n) is 8.80. The molecule has 0 saturated carbocycles. The van der Waals surface area contributed by atoms with E-state index in [2.05, 4.69) is 36.3 Å². The monoisotopic (exact) mass is 198 g/mol. The van der Waals surface area contributed by atoms with Crippen molar-refractivity contribution in [2.75, 3.05) is 0 Å². The Labute approximate surface area is 89.9 Å². The summed E-state index contributed by atoms with van der Waals surface area (Å²) in [6, 6.07) is 12.3. The van der Waals surface area contributed by atoms with Crippen LogP contribution in [0.25, 0.3) is 6.08 Å². The summed E-state index contributed by atoms with van der Waals surface area (Å²) in [5, 5.41) is 4.21. The van der Waals surface area contributed by atoms with Crippen LogP contribution in [0.3, 0.4) is 0 Å². The van der Waals surface area contributed by atoms with Crippen molar-refractivity contribution in [2.24, 2.45) is 0 Å². The topological polar surface area (TPSA) is 17.8 Å². The maximum atomic E-state index is 4.21. The van der Waals surface area contributed by atoms with Gasteiger partial charge in [0.25, 0.3) is 0 Å². The molecule has 0 N–H and O–H groups in total. The van der Waals surface area contributed by atoms with E-state index in [1.165, 1.54) is 11.3 Å². The van der Waals surface area contributed by atoms with E-state index < -0.39 is 0 Å². The van der Waals surface area contributed by atoms with Crippen LogP contribution in [0.1, 0.15) is 11.3 Å². The molecule has 0 atom stereocenters. The Morgan fingerprint density at radius 1 is 1.20 bits per heavy atom.